The van der Waals surface area contributed by atoms with Gasteiger partial charge < -0.3 is 24.2 Å². The number of para-hydroxylation sites is 1. The molecule has 248 valence electrons. The summed E-state index contributed by atoms with van der Waals surface area (Å²) in [6, 6.07) is 20.0. The SMILES string of the molecule is CCOP(=O)(CCC[n+]1c(C=Cc2ccc(N(CC)CC)cc2)cc(NC(C)CCCN(CC)CC)c2ccccc21)OCC. The van der Waals surface area contributed by atoms with Crippen LogP contribution >= 0.6 is 7.60 Å². The second-order valence-electron chi connectivity index (χ2n) is 11.5. The molecule has 0 aliphatic carbocycles. The van der Waals surface area contributed by atoms with E-state index in [2.05, 4.69) is 121 Å². The molecule has 0 spiro atoms. The third kappa shape index (κ3) is 11.0. The molecule has 0 aliphatic rings. The predicted molar refractivity (Wildman–Crippen MR) is 194 cm³/mol. The van der Waals surface area contributed by atoms with Crippen LogP contribution in [0, 0.1) is 0 Å². The van der Waals surface area contributed by atoms with Gasteiger partial charge in [-0.2, -0.15) is 4.57 Å². The van der Waals surface area contributed by atoms with Crippen LogP contribution in [-0.4, -0.2) is 63.0 Å². The standard InChI is InChI=1S/C37H57N4O3P/c1-8-39(9-2)27-16-18-31(7)38-36-30-34(26-23-32-21-24-33(25-22-32)40(10-3)11-4)41(37-20-15-14-19-35(36)37)28-17-29-45(42,43-12-5)44-13-6/h14-15,19-26,30-31H,8-13,16-18,27-29H2,1-7H3/p+1. The van der Waals surface area contributed by atoms with E-state index in [4.69, 9.17) is 9.05 Å². The minimum atomic E-state index is -3.12. The molecular weight excluding hydrogens is 579 g/mol. The Bertz CT molecular complexity index is 1360. The van der Waals surface area contributed by atoms with Crippen molar-refractivity contribution in [2.75, 3.05) is 62.3 Å². The Morgan fingerprint density at radius 2 is 1.53 bits per heavy atom. The predicted octanol–water partition coefficient (Wildman–Crippen LogP) is 8.72. The van der Waals surface area contributed by atoms with Crippen LogP contribution in [0.3, 0.4) is 0 Å². The van der Waals surface area contributed by atoms with Crippen molar-refractivity contribution in [3.8, 4) is 0 Å². The molecular formula is C37H58N4O3P+. The van der Waals surface area contributed by atoms with Gasteiger partial charge in [0.25, 0.3) is 0 Å². The van der Waals surface area contributed by atoms with Crippen molar-refractivity contribution in [3.63, 3.8) is 0 Å². The van der Waals surface area contributed by atoms with Crippen LogP contribution in [0.4, 0.5) is 11.4 Å². The molecule has 0 radical (unpaired) electrons. The molecule has 3 aromatic rings. The molecule has 45 heavy (non-hydrogen) atoms. The summed E-state index contributed by atoms with van der Waals surface area (Å²) in [5.74, 6) is 0. The van der Waals surface area contributed by atoms with E-state index in [0.717, 1.165) is 68.0 Å². The molecule has 7 nitrogen and oxygen atoms in total. The number of nitrogens with zero attached hydrogens (tertiary/aromatic N) is 3. The largest absolute Gasteiger partial charge is 0.382 e. The molecule has 1 aromatic heterocycles. The first-order valence-corrected chi connectivity index (χ1v) is 18.9. The van der Waals surface area contributed by atoms with Crippen LogP contribution in [-0.2, 0) is 20.2 Å². The third-order valence-corrected chi connectivity index (χ3v) is 10.6. The Hall–Kier alpha value is -2.70. The fraction of sp³-hybridized carbons (Fsp3) is 0.541. The number of hydrogen-bond donors (Lipinski definition) is 1. The minimum Gasteiger partial charge on any atom is -0.382 e. The van der Waals surface area contributed by atoms with Crippen LogP contribution in [0.1, 0.15) is 79.0 Å². The number of nitrogens with one attached hydrogen (secondary N) is 1. The van der Waals surface area contributed by atoms with E-state index in [9.17, 15) is 4.57 Å². The van der Waals surface area contributed by atoms with Crippen LogP contribution in [0.25, 0.3) is 23.1 Å². The smallest absolute Gasteiger partial charge is 0.330 e. The summed E-state index contributed by atoms with van der Waals surface area (Å²) in [4.78, 5) is 4.84. The fourth-order valence-corrected chi connectivity index (χ4v) is 7.58. The van der Waals surface area contributed by atoms with E-state index in [1.165, 1.54) is 11.1 Å². The summed E-state index contributed by atoms with van der Waals surface area (Å²) < 4.78 is 26.8. The van der Waals surface area contributed by atoms with Crippen molar-refractivity contribution in [2.24, 2.45) is 0 Å². The molecule has 0 saturated carbocycles. The van der Waals surface area contributed by atoms with Gasteiger partial charge in [0.15, 0.2) is 0 Å². The lowest BCUT2D eigenvalue weighted by atomic mass is 10.1. The summed E-state index contributed by atoms with van der Waals surface area (Å²) in [5, 5.41) is 5.04. The Morgan fingerprint density at radius 1 is 0.867 bits per heavy atom. The maximum absolute atomic E-state index is 13.2. The monoisotopic (exact) mass is 637 g/mol. The highest BCUT2D eigenvalue weighted by Gasteiger charge is 2.25. The van der Waals surface area contributed by atoms with E-state index in [1.54, 1.807) is 0 Å². The van der Waals surface area contributed by atoms with Gasteiger partial charge in [0, 0.05) is 49.4 Å². The highest BCUT2D eigenvalue weighted by Crippen LogP contribution is 2.48. The second kappa shape index (κ2) is 19.1. The Morgan fingerprint density at radius 3 is 2.16 bits per heavy atom. The highest BCUT2D eigenvalue weighted by molar-refractivity contribution is 7.53. The fourth-order valence-electron chi connectivity index (χ4n) is 5.93. The van der Waals surface area contributed by atoms with Gasteiger partial charge in [-0.15, -0.1) is 0 Å². The lowest BCUT2D eigenvalue weighted by molar-refractivity contribution is -0.672. The van der Waals surface area contributed by atoms with Crippen molar-refractivity contribution in [2.45, 2.75) is 80.3 Å². The summed E-state index contributed by atoms with van der Waals surface area (Å²) in [6.45, 7) is 21.6. The Balaban J connectivity index is 1.95. The first kappa shape index (κ1) is 36.8. The molecule has 2 aromatic carbocycles. The normalized spacial score (nSPS) is 12.8. The van der Waals surface area contributed by atoms with Gasteiger partial charge in [-0.05, 0) is 96.9 Å². The van der Waals surface area contributed by atoms with Gasteiger partial charge in [-0.3, -0.25) is 4.57 Å². The van der Waals surface area contributed by atoms with E-state index in [-0.39, 0.29) is 0 Å². The maximum Gasteiger partial charge on any atom is 0.330 e. The maximum atomic E-state index is 13.2. The molecule has 0 bridgehead atoms. The van der Waals surface area contributed by atoms with Crippen molar-refractivity contribution in [1.29, 1.82) is 0 Å². The van der Waals surface area contributed by atoms with Crippen molar-refractivity contribution in [1.82, 2.24) is 4.90 Å². The Kier molecular flexibility index (Phi) is 15.6. The molecule has 3 rings (SSSR count). The van der Waals surface area contributed by atoms with Gasteiger partial charge in [0.05, 0.1) is 30.4 Å². The molecule has 0 fully saturated rings. The zero-order valence-corrected chi connectivity index (χ0v) is 29.8. The minimum absolute atomic E-state index is 0.340. The van der Waals surface area contributed by atoms with Gasteiger partial charge in [0.2, 0.25) is 11.2 Å². The number of fused-ring (bicyclic) bond motifs is 1. The number of rotatable bonds is 21. The lowest BCUT2D eigenvalue weighted by Crippen LogP contribution is -2.39. The van der Waals surface area contributed by atoms with Crippen LogP contribution in [0.15, 0.2) is 54.6 Å². The van der Waals surface area contributed by atoms with Crippen LogP contribution in [0.2, 0.25) is 0 Å². The summed E-state index contributed by atoms with van der Waals surface area (Å²) in [5.41, 5.74) is 5.79. The average Bonchev–Trinajstić information content (AvgIpc) is 3.04. The third-order valence-electron chi connectivity index (χ3n) is 8.43. The van der Waals surface area contributed by atoms with Gasteiger partial charge in [-0.25, -0.2) is 0 Å². The number of benzene rings is 2. The molecule has 1 unspecified atom stereocenters. The highest BCUT2D eigenvalue weighted by atomic mass is 31.2. The zero-order chi connectivity index (χ0) is 32.7. The van der Waals surface area contributed by atoms with E-state index >= 15 is 0 Å². The van der Waals surface area contributed by atoms with Crippen LogP contribution < -0.4 is 14.8 Å². The lowest BCUT2D eigenvalue weighted by Gasteiger charge is -2.21. The molecule has 1 N–H and O–H groups in total. The molecule has 0 aliphatic heterocycles. The van der Waals surface area contributed by atoms with E-state index in [0.29, 0.717) is 38.4 Å². The van der Waals surface area contributed by atoms with E-state index < -0.39 is 7.60 Å². The molecule has 0 amide bonds. The number of pyridine rings is 1. The van der Waals surface area contributed by atoms with Crippen molar-refractivity contribution < 1.29 is 18.2 Å². The first-order chi connectivity index (χ1) is 21.8. The average molecular weight is 638 g/mol. The van der Waals surface area contributed by atoms with Gasteiger partial charge in [0.1, 0.15) is 6.54 Å². The van der Waals surface area contributed by atoms with Crippen LogP contribution in [0.5, 0.6) is 0 Å². The second-order valence-corrected chi connectivity index (χ2v) is 13.7. The molecule has 0 saturated heterocycles. The number of hydrogen-bond acceptors (Lipinski definition) is 6. The number of anilines is 2. The molecule has 8 heteroatoms. The summed E-state index contributed by atoms with van der Waals surface area (Å²) in [7, 11) is -3.12. The first-order valence-electron chi connectivity index (χ1n) is 17.2. The molecule has 1 atom stereocenters. The van der Waals surface area contributed by atoms with Gasteiger partial charge in [-0.1, -0.05) is 38.1 Å². The molecule has 1 heterocycles. The van der Waals surface area contributed by atoms with Crippen molar-refractivity contribution >= 4 is 42.0 Å². The van der Waals surface area contributed by atoms with Gasteiger partial charge >= 0.3 is 7.60 Å². The van der Waals surface area contributed by atoms with Crippen molar-refractivity contribution in [3.05, 3.63) is 65.9 Å². The Labute approximate surface area is 273 Å². The quantitative estimate of drug-likeness (QED) is 0.0932. The summed E-state index contributed by atoms with van der Waals surface area (Å²) >= 11 is 0. The summed E-state index contributed by atoms with van der Waals surface area (Å²) in [6.07, 6.45) is 7.73. The topological polar surface area (TPSA) is 57.9 Å². The zero-order valence-electron chi connectivity index (χ0n) is 28.9. The number of aryl methyl sites for hydroxylation is 1. The number of aromatic nitrogens is 1. The van der Waals surface area contributed by atoms with E-state index in [1.807, 2.05) is 13.8 Å².